The topological polar surface area (TPSA) is 55.3 Å². The van der Waals surface area contributed by atoms with E-state index in [4.69, 9.17) is 11.6 Å². The minimum Gasteiger partial charge on any atom is -0.315 e. The van der Waals surface area contributed by atoms with E-state index in [0.717, 1.165) is 13.0 Å². The molecule has 0 spiro atoms. The van der Waals surface area contributed by atoms with Gasteiger partial charge in [-0.25, -0.2) is 5.01 Å². The molecule has 1 atom stereocenters. The van der Waals surface area contributed by atoms with Gasteiger partial charge in [0.05, 0.1) is 6.17 Å². The molecule has 0 aliphatic carbocycles. The third-order valence-corrected chi connectivity index (χ3v) is 1.54. The zero-order chi connectivity index (χ0) is 7.98. The molecule has 3 nitrogen and oxygen atoms in total. The van der Waals surface area contributed by atoms with Crippen LogP contribution in [0.3, 0.4) is 0 Å². The Bertz CT molecular complexity index is 73.3. The van der Waals surface area contributed by atoms with Crippen molar-refractivity contribution in [3.05, 3.63) is 0 Å². The lowest BCUT2D eigenvalue weighted by atomic mass is 10.2. The Kier molecular flexibility index (Phi) is 5.58. The summed E-state index contributed by atoms with van der Waals surface area (Å²) in [6.45, 7) is 4.98. The number of rotatable bonds is 5. The van der Waals surface area contributed by atoms with Crippen LogP contribution in [-0.4, -0.2) is 17.7 Å². The first-order valence-electron chi connectivity index (χ1n) is 3.95. The van der Waals surface area contributed by atoms with Crippen LogP contribution in [0.25, 0.3) is 0 Å². The van der Waals surface area contributed by atoms with Crippen molar-refractivity contribution in [3.8, 4) is 0 Å². The molecule has 0 aliphatic heterocycles. The van der Waals surface area contributed by atoms with E-state index in [0.29, 0.717) is 0 Å². The fourth-order valence-electron chi connectivity index (χ4n) is 0.748. The monoisotopic (exact) mass is 145 g/mol. The molecule has 0 aromatic heterocycles. The van der Waals surface area contributed by atoms with Crippen LogP contribution in [0.2, 0.25) is 0 Å². The largest absolute Gasteiger partial charge is 0.315 e. The number of nitrogens with two attached hydrogens (primary N) is 2. The highest BCUT2D eigenvalue weighted by atomic mass is 15.4. The Hall–Kier alpha value is -0.120. The summed E-state index contributed by atoms with van der Waals surface area (Å²) in [7, 11) is 0. The van der Waals surface area contributed by atoms with Gasteiger partial charge < -0.3 is 5.73 Å². The van der Waals surface area contributed by atoms with Gasteiger partial charge in [-0.3, -0.25) is 5.84 Å². The zero-order valence-corrected chi connectivity index (χ0v) is 7.01. The summed E-state index contributed by atoms with van der Waals surface area (Å²) in [5.41, 5.74) is 5.52. The molecule has 0 fully saturated rings. The molecule has 0 aromatic rings. The van der Waals surface area contributed by atoms with E-state index in [9.17, 15) is 0 Å². The lowest BCUT2D eigenvalue weighted by Gasteiger charge is -2.19. The van der Waals surface area contributed by atoms with Crippen molar-refractivity contribution >= 4 is 0 Å². The number of hydrazine groups is 1. The summed E-state index contributed by atoms with van der Waals surface area (Å²) < 4.78 is 0. The molecule has 0 aromatic carbocycles. The Labute approximate surface area is 63.3 Å². The molecule has 0 rings (SSSR count). The maximum absolute atomic E-state index is 5.57. The second-order valence-corrected chi connectivity index (χ2v) is 2.69. The SMILES string of the molecule is CCCCCN(N)C(C)N. The average Bonchev–Trinajstić information content (AvgIpc) is 1.88. The van der Waals surface area contributed by atoms with Crippen LogP contribution in [0.15, 0.2) is 0 Å². The third-order valence-electron chi connectivity index (χ3n) is 1.54. The Morgan fingerprint density at radius 2 is 2.00 bits per heavy atom. The van der Waals surface area contributed by atoms with Gasteiger partial charge in [0.2, 0.25) is 0 Å². The molecule has 3 heteroatoms. The first kappa shape index (κ1) is 9.88. The van der Waals surface area contributed by atoms with Gasteiger partial charge in [0.25, 0.3) is 0 Å². The summed E-state index contributed by atoms with van der Waals surface area (Å²) >= 11 is 0. The fourth-order valence-corrected chi connectivity index (χ4v) is 0.748. The first-order valence-corrected chi connectivity index (χ1v) is 3.95. The molecule has 1 unspecified atom stereocenters. The molecule has 62 valence electrons. The molecule has 0 radical (unpaired) electrons. The van der Waals surface area contributed by atoms with E-state index in [1.165, 1.54) is 12.8 Å². The van der Waals surface area contributed by atoms with Gasteiger partial charge >= 0.3 is 0 Å². The lowest BCUT2D eigenvalue weighted by Crippen LogP contribution is -2.45. The summed E-state index contributed by atoms with van der Waals surface area (Å²) in [6.07, 6.45) is 3.60. The summed E-state index contributed by atoms with van der Waals surface area (Å²) in [6, 6.07) is 0. The summed E-state index contributed by atoms with van der Waals surface area (Å²) in [5, 5.41) is 1.68. The zero-order valence-electron chi connectivity index (χ0n) is 7.01. The Morgan fingerprint density at radius 3 is 2.40 bits per heavy atom. The maximum Gasteiger partial charge on any atom is 0.0676 e. The molecule has 0 saturated heterocycles. The first-order chi connectivity index (χ1) is 4.68. The normalized spacial score (nSPS) is 14.1. The molecule has 0 amide bonds. The van der Waals surface area contributed by atoms with E-state index in [1.54, 1.807) is 5.01 Å². The van der Waals surface area contributed by atoms with Crippen molar-refractivity contribution in [1.29, 1.82) is 0 Å². The van der Waals surface area contributed by atoms with Crippen LogP contribution in [0, 0.1) is 0 Å². The van der Waals surface area contributed by atoms with Gasteiger partial charge in [0, 0.05) is 6.54 Å². The highest BCUT2D eigenvalue weighted by Gasteiger charge is 2.01. The van der Waals surface area contributed by atoms with Gasteiger partial charge in [-0.05, 0) is 13.3 Å². The molecule has 0 aliphatic rings. The minimum atomic E-state index is -0.0168. The third kappa shape index (κ3) is 4.73. The Balaban J connectivity index is 3.13. The maximum atomic E-state index is 5.57. The minimum absolute atomic E-state index is 0.0168. The molecule has 0 heterocycles. The van der Waals surface area contributed by atoms with E-state index in [-0.39, 0.29) is 6.17 Å². The molecular formula is C7H19N3. The summed E-state index contributed by atoms with van der Waals surface area (Å²) in [5.74, 6) is 5.57. The predicted molar refractivity (Wildman–Crippen MR) is 44.1 cm³/mol. The van der Waals surface area contributed by atoms with Crippen molar-refractivity contribution in [1.82, 2.24) is 5.01 Å². The average molecular weight is 145 g/mol. The molecule has 0 bridgehead atoms. The highest BCUT2D eigenvalue weighted by molar-refractivity contribution is 4.52. The van der Waals surface area contributed by atoms with Crippen molar-refractivity contribution in [2.45, 2.75) is 39.3 Å². The van der Waals surface area contributed by atoms with Gasteiger partial charge in [-0.1, -0.05) is 19.8 Å². The van der Waals surface area contributed by atoms with Crippen molar-refractivity contribution in [2.75, 3.05) is 6.54 Å². The van der Waals surface area contributed by atoms with E-state index in [2.05, 4.69) is 6.92 Å². The Morgan fingerprint density at radius 1 is 1.40 bits per heavy atom. The van der Waals surface area contributed by atoms with Crippen molar-refractivity contribution in [2.24, 2.45) is 11.6 Å². The van der Waals surface area contributed by atoms with Crippen LogP contribution in [-0.2, 0) is 0 Å². The highest BCUT2D eigenvalue weighted by Crippen LogP contribution is 1.95. The van der Waals surface area contributed by atoms with Crippen LogP contribution in [0.4, 0.5) is 0 Å². The predicted octanol–water partition coefficient (Wildman–Crippen LogP) is 0.657. The molecule has 10 heavy (non-hydrogen) atoms. The number of hydrogen-bond acceptors (Lipinski definition) is 3. The molecular weight excluding hydrogens is 126 g/mol. The van der Waals surface area contributed by atoms with Crippen molar-refractivity contribution < 1.29 is 0 Å². The van der Waals surface area contributed by atoms with Gasteiger partial charge in [-0.2, -0.15) is 0 Å². The quantitative estimate of drug-likeness (QED) is 0.258. The van der Waals surface area contributed by atoms with E-state index < -0.39 is 0 Å². The van der Waals surface area contributed by atoms with Crippen LogP contribution >= 0.6 is 0 Å². The van der Waals surface area contributed by atoms with Crippen LogP contribution < -0.4 is 11.6 Å². The number of nitrogens with zero attached hydrogens (tertiary/aromatic N) is 1. The van der Waals surface area contributed by atoms with E-state index >= 15 is 0 Å². The second-order valence-electron chi connectivity index (χ2n) is 2.69. The van der Waals surface area contributed by atoms with Gasteiger partial charge in [0.15, 0.2) is 0 Å². The second kappa shape index (κ2) is 5.65. The lowest BCUT2D eigenvalue weighted by molar-refractivity contribution is 0.214. The standard InChI is InChI=1S/C7H19N3/c1-3-4-5-6-10(9)7(2)8/h7H,3-6,8-9H2,1-2H3. The number of unbranched alkanes of at least 4 members (excludes halogenated alkanes) is 2. The van der Waals surface area contributed by atoms with Crippen LogP contribution in [0.5, 0.6) is 0 Å². The van der Waals surface area contributed by atoms with Crippen LogP contribution in [0.1, 0.15) is 33.1 Å². The van der Waals surface area contributed by atoms with Crippen molar-refractivity contribution in [3.63, 3.8) is 0 Å². The molecule has 4 N–H and O–H groups in total. The molecule has 0 saturated carbocycles. The summed E-state index contributed by atoms with van der Waals surface area (Å²) in [4.78, 5) is 0. The smallest absolute Gasteiger partial charge is 0.0676 e. The number of hydrogen-bond donors (Lipinski definition) is 2. The van der Waals surface area contributed by atoms with E-state index in [1.807, 2.05) is 6.92 Å². The van der Waals surface area contributed by atoms with Gasteiger partial charge in [0.1, 0.15) is 0 Å². The van der Waals surface area contributed by atoms with Gasteiger partial charge in [-0.15, -0.1) is 0 Å². The fraction of sp³-hybridized carbons (Fsp3) is 1.00.